The Bertz CT molecular complexity index is 1140. The number of hydrogen-bond donors (Lipinski definition) is 6. The number of aromatic hydroxyl groups is 2. The average molecular weight is 572 g/mol. The third-order valence-electron chi connectivity index (χ3n) is 12.4. The van der Waals surface area contributed by atoms with Gasteiger partial charge in [0, 0.05) is 12.8 Å². The Kier molecular flexibility index (Phi) is 8.38. The molecule has 228 valence electrons. The Hall–Kier alpha value is -2.32. The first kappa shape index (κ1) is 30.1. The molecule has 5 rings (SSSR count). The summed E-state index contributed by atoms with van der Waals surface area (Å²) >= 11 is 0. The predicted molar refractivity (Wildman–Crippen MR) is 154 cm³/mol. The summed E-state index contributed by atoms with van der Waals surface area (Å²) in [6, 6.07) is 3.00. The summed E-state index contributed by atoms with van der Waals surface area (Å²) in [5.41, 5.74) is 0.522. The summed E-state index contributed by atoms with van der Waals surface area (Å²) in [5.74, 6) is 0.584. The second-order valence-electron chi connectivity index (χ2n) is 14.4. The molecule has 1 amide bonds. The summed E-state index contributed by atoms with van der Waals surface area (Å²) in [6.07, 6.45) is 8.46. The molecule has 6 N–H and O–H groups in total. The number of hydrogen-bond acceptors (Lipinski definition) is 6. The van der Waals surface area contributed by atoms with E-state index in [4.69, 9.17) is 0 Å². The lowest BCUT2D eigenvalue weighted by molar-refractivity contribution is -0.175. The summed E-state index contributed by atoms with van der Waals surface area (Å²) in [5, 5.41) is 53.7. The average Bonchev–Trinajstić information content (AvgIpc) is 3.28. The molecule has 4 saturated carbocycles. The molecule has 0 aromatic heterocycles. The van der Waals surface area contributed by atoms with E-state index in [0.717, 1.165) is 38.5 Å². The van der Waals surface area contributed by atoms with Crippen molar-refractivity contribution in [1.29, 1.82) is 0 Å². The highest BCUT2D eigenvalue weighted by molar-refractivity contribution is 5.83. The summed E-state index contributed by atoms with van der Waals surface area (Å²) < 4.78 is 0. The number of rotatable bonds is 8. The van der Waals surface area contributed by atoms with Gasteiger partial charge in [-0.3, -0.25) is 4.79 Å². The van der Waals surface area contributed by atoms with Gasteiger partial charge in [-0.25, -0.2) is 4.79 Å². The number of phenolic OH excluding ortho intramolecular Hbond substituents is 2. The second kappa shape index (κ2) is 11.4. The van der Waals surface area contributed by atoms with Gasteiger partial charge in [0.05, 0.1) is 12.2 Å². The highest BCUT2D eigenvalue weighted by atomic mass is 16.4. The maximum absolute atomic E-state index is 12.9. The quantitative estimate of drug-likeness (QED) is 0.250. The van der Waals surface area contributed by atoms with Gasteiger partial charge in [-0.1, -0.05) is 26.8 Å². The Morgan fingerprint density at radius 2 is 1.76 bits per heavy atom. The molecule has 4 aliphatic rings. The van der Waals surface area contributed by atoms with Gasteiger partial charge in [-0.15, -0.1) is 0 Å². The SMILES string of the molecule is C[C@H](CCC(=O)NC(Cc1ccc(O)c(O)c1)C(=O)O)[C@H]1CC[C@H]2[C@@H]3CC[C@@H]4C[C@H](O)CC[C@]4(C)[C@H]3C[C@H](O)[C@]12C. The molecular weight excluding hydrogens is 522 g/mol. The van der Waals surface area contributed by atoms with Crippen molar-refractivity contribution in [2.24, 2.45) is 46.3 Å². The number of carbonyl (C=O) groups is 2. The van der Waals surface area contributed by atoms with E-state index in [2.05, 4.69) is 26.1 Å². The van der Waals surface area contributed by atoms with Crippen LogP contribution in [0.2, 0.25) is 0 Å². The minimum atomic E-state index is -1.15. The van der Waals surface area contributed by atoms with Crippen molar-refractivity contribution in [2.75, 3.05) is 0 Å². The topological polar surface area (TPSA) is 147 Å². The van der Waals surface area contributed by atoms with E-state index < -0.39 is 12.0 Å². The van der Waals surface area contributed by atoms with Crippen LogP contribution in [0.25, 0.3) is 0 Å². The Labute approximate surface area is 243 Å². The molecule has 0 aliphatic heterocycles. The molecule has 0 heterocycles. The van der Waals surface area contributed by atoms with Crippen LogP contribution in [0, 0.1) is 46.3 Å². The maximum Gasteiger partial charge on any atom is 0.326 e. The fraction of sp³-hybridized carbons (Fsp3) is 0.758. The van der Waals surface area contributed by atoms with Crippen LogP contribution in [0.15, 0.2) is 18.2 Å². The smallest absolute Gasteiger partial charge is 0.326 e. The van der Waals surface area contributed by atoms with Crippen molar-refractivity contribution in [3.8, 4) is 11.5 Å². The first-order chi connectivity index (χ1) is 19.3. The number of fused-ring (bicyclic) bond motifs is 5. The van der Waals surface area contributed by atoms with E-state index in [1.807, 2.05) is 0 Å². The molecule has 0 radical (unpaired) electrons. The monoisotopic (exact) mass is 571 g/mol. The normalized spacial score (nSPS) is 39.6. The summed E-state index contributed by atoms with van der Waals surface area (Å²) in [7, 11) is 0. The molecule has 4 fully saturated rings. The highest BCUT2D eigenvalue weighted by Crippen LogP contribution is 2.68. The van der Waals surface area contributed by atoms with Gasteiger partial charge in [-0.2, -0.15) is 0 Å². The fourth-order valence-electron chi connectivity index (χ4n) is 10.1. The number of carboxylic acids is 1. The molecule has 1 aromatic rings. The van der Waals surface area contributed by atoms with Crippen LogP contribution in [0.4, 0.5) is 0 Å². The van der Waals surface area contributed by atoms with E-state index in [9.17, 15) is 35.1 Å². The third-order valence-corrected chi connectivity index (χ3v) is 12.4. The van der Waals surface area contributed by atoms with E-state index in [-0.39, 0.29) is 59.2 Å². The van der Waals surface area contributed by atoms with Gasteiger partial charge in [0.25, 0.3) is 0 Å². The number of aliphatic hydroxyl groups is 2. The van der Waals surface area contributed by atoms with Crippen molar-refractivity contribution >= 4 is 11.9 Å². The lowest BCUT2D eigenvalue weighted by Gasteiger charge is -2.62. The van der Waals surface area contributed by atoms with Crippen LogP contribution < -0.4 is 5.32 Å². The zero-order valence-electron chi connectivity index (χ0n) is 24.8. The predicted octanol–water partition coefficient (Wildman–Crippen LogP) is 4.62. The number of phenols is 2. The van der Waals surface area contributed by atoms with Gasteiger partial charge in [0.15, 0.2) is 11.5 Å². The highest BCUT2D eigenvalue weighted by Gasteiger charge is 2.63. The van der Waals surface area contributed by atoms with Gasteiger partial charge in [-0.05, 0) is 122 Å². The van der Waals surface area contributed by atoms with Crippen LogP contribution in [0.5, 0.6) is 11.5 Å². The van der Waals surface area contributed by atoms with Crippen LogP contribution in [0.3, 0.4) is 0 Å². The Morgan fingerprint density at radius 3 is 2.46 bits per heavy atom. The van der Waals surface area contributed by atoms with Crippen molar-refractivity contribution in [3.05, 3.63) is 23.8 Å². The van der Waals surface area contributed by atoms with E-state index in [1.165, 1.54) is 31.0 Å². The second-order valence-corrected chi connectivity index (χ2v) is 14.4. The first-order valence-corrected chi connectivity index (χ1v) is 15.7. The van der Waals surface area contributed by atoms with Crippen molar-refractivity contribution < 1.29 is 35.1 Å². The molecule has 8 nitrogen and oxygen atoms in total. The standard InChI is InChI=1S/C33H49NO7/c1-18(4-11-30(39)34-26(31(40)41)14-19-5-10-27(36)28(37)15-19)23-8-9-24-22-7-6-20-16-21(35)12-13-32(20,2)25(22)17-29(38)33(23,24)3/h5,10,15,18,20-26,29,35-38H,4,6-9,11-14,16-17H2,1-3H3,(H,34,39)(H,40,41)/t18-,20-,21-,22+,23-,24+,25+,26?,29+,32+,33-/m1/s1. The van der Waals surface area contributed by atoms with Gasteiger partial charge < -0.3 is 30.8 Å². The van der Waals surface area contributed by atoms with Crippen LogP contribution in [0.1, 0.15) is 90.5 Å². The van der Waals surface area contributed by atoms with Crippen LogP contribution >= 0.6 is 0 Å². The van der Waals surface area contributed by atoms with Crippen LogP contribution in [-0.2, 0) is 16.0 Å². The number of amides is 1. The zero-order valence-corrected chi connectivity index (χ0v) is 24.8. The molecule has 11 atom stereocenters. The number of nitrogens with one attached hydrogen (secondary N) is 1. The third kappa shape index (κ3) is 5.47. The number of benzene rings is 1. The molecular formula is C33H49NO7. The van der Waals surface area contributed by atoms with E-state index in [1.54, 1.807) is 0 Å². The number of aliphatic hydroxyl groups excluding tert-OH is 2. The van der Waals surface area contributed by atoms with Gasteiger partial charge in [0.1, 0.15) is 6.04 Å². The molecule has 8 heteroatoms. The van der Waals surface area contributed by atoms with Crippen LogP contribution in [-0.4, -0.2) is 55.7 Å². The Balaban J connectivity index is 1.20. The molecule has 0 bridgehead atoms. The number of aliphatic carboxylic acids is 1. The molecule has 4 aliphatic carbocycles. The maximum atomic E-state index is 12.9. The minimum absolute atomic E-state index is 0.000325. The van der Waals surface area contributed by atoms with Crippen molar-refractivity contribution in [2.45, 2.75) is 110 Å². The van der Waals surface area contributed by atoms with E-state index in [0.29, 0.717) is 41.6 Å². The zero-order chi connectivity index (χ0) is 29.7. The van der Waals surface area contributed by atoms with E-state index >= 15 is 0 Å². The fourth-order valence-corrected chi connectivity index (χ4v) is 10.1. The number of carbonyl (C=O) groups excluding carboxylic acids is 1. The summed E-state index contributed by atoms with van der Waals surface area (Å²) in [4.78, 5) is 24.7. The van der Waals surface area contributed by atoms with Gasteiger partial charge >= 0.3 is 5.97 Å². The lowest BCUT2D eigenvalue weighted by Crippen LogP contribution is -2.58. The van der Waals surface area contributed by atoms with Gasteiger partial charge in [0.2, 0.25) is 5.91 Å². The van der Waals surface area contributed by atoms with Crippen molar-refractivity contribution in [3.63, 3.8) is 0 Å². The summed E-state index contributed by atoms with van der Waals surface area (Å²) in [6.45, 7) is 6.90. The Morgan fingerprint density at radius 1 is 1.00 bits per heavy atom. The lowest BCUT2D eigenvalue weighted by atomic mass is 9.43. The molecule has 41 heavy (non-hydrogen) atoms. The molecule has 0 spiro atoms. The minimum Gasteiger partial charge on any atom is -0.504 e. The first-order valence-electron chi connectivity index (χ1n) is 15.7. The largest absolute Gasteiger partial charge is 0.504 e. The molecule has 0 saturated heterocycles. The van der Waals surface area contributed by atoms with Crippen molar-refractivity contribution in [1.82, 2.24) is 5.32 Å². The number of carboxylic acid groups (broad SMARTS) is 1. The molecule has 1 aromatic carbocycles. The molecule has 1 unspecified atom stereocenters.